The van der Waals surface area contributed by atoms with Crippen molar-refractivity contribution >= 4 is 11.7 Å². The summed E-state index contributed by atoms with van der Waals surface area (Å²) in [5.74, 6) is 2.20. The van der Waals surface area contributed by atoms with Crippen LogP contribution in [0, 0.1) is 5.92 Å². The molecule has 0 bridgehead atoms. The summed E-state index contributed by atoms with van der Waals surface area (Å²) in [6, 6.07) is 6.44. The first-order chi connectivity index (χ1) is 12.2. The largest absolute Gasteiger partial charge is 0.335 e. The van der Waals surface area contributed by atoms with E-state index in [0.29, 0.717) is 12.0 Å². The van der Waals surface area contributed by atoms with E-state index in [1.54, 1.807) is 0 Å². The van der Waals surface area contributed by atoms with Gasteiger partial charge in [-0.1, -0.05) is 13.0 Å². The van der Waals surface area contributed by atoms with Crippen LogP contribution >= 0.6 is 0 Å². The standard InChI is InChI=1S/C19H27N5O/c1-14-5-7-16(8-6-14)20-19(25)23-12-9-15(10-13-23)18-22-21-17-4-2-3-11-24(17)18/h2-4,11,14-16H,5-10,12-13H2,1H3,(H,20,25). The van der Waals surface area contributed by atoms with Crippen LogP contribution in [0.3, 0.4) is 0 Å². The Morgan fingerprint density at radius 1 is 1.08 bits per heavy atom. The third-order valence-electron chi connectivity index (χ3n) is 5.83. The normalized spacial score (nSPS) is 25.2. The molecule has 134 valence electrons. The fourth-order valence-corrected chi connectivity index (χ4v) is 4.15. The van der Waals surface area contributed by atoms with Crippen molar-refractivity contribution in [1.82, 2.24) is 24.8 Å². The summed E-state index contributed by atoms with van der Waals surface area (Å²) >= 11 is 0. The topological polar surface area (TPSA) is 62.5 Å². The number of carbonyl (C=O) groups is 1. The van der Waals surface area contributed by atoms with Gasteiger partial charge in [-0.25, -0.2) is 4.79 Å². The Morgan fingerprint density at radius 2 is 1.84 bits per heavy atom. The number of urea groups is 1. The zero-order chi connectivity index (χ0) is 17.2. The van der Waals surface area contributed by atoms with Crippen LogP contribution in [0.2, 0.25) is 0 Å². The van der Waals surface area contributed by atoms with Gasteiger partial charge in [-0.3, -0.25) is 4.40 Å². The van der Waals surface area contributed by atoms with Crippen molar-refractivity contribution in [1.29, 1.82) is 0 Å². The smallest absolute Gasteiger partial charge is 0.317 e. The minimum Gasteiger partial charge on any atom is -0.335 e. The minimum atomic E-state index is 0.115. The predicted octanol–water partition coefficient (Wildman–Crippen LogP) is 3.20. The number of pyridine rings is 1. The van der Waals surface area contributed by atoms with Gasteiger partial charge in [0.2, 0.25) is 0 Å². The first-order valence-corrected chi connectivity index (χ1v) is 9.56. The predicted molar refractivity (Wildman–Crippen MR) is 96.5 cm³/mol. The van der Waals surface area contributed by atoms with E-state index in [1.807, 2.05) is 29.3 Å². The second-order valence-electron chi connectivity index (χ2n) is 7.65. The van der Waals surface area contributed by atoms with Gasteiger partial charge in [0, 0.05) is 31.2 Å². The van der Waals surface area contributed by atoms with Gasteiger partial charge in [-0.15, -0.1) is 10.2 Å². The van der Waals surface area contributed by atoms with Crippen molar-refractivity contribution in [3.05, 3.63) is 30.2 Å². The van der Waals surface area contributed by atoms with Crippen LogP contribution < -0.4 is 5.32 Å². The van der Waals surface area contributed by atoms with Crippen molar-refractivity contribution in [2.75, 3.05) is 13.1 Å². The monoisotopic (exact) mass is 341 g/mol. The average Bonchev–Trinajstić information content (AvgIpc) is 3.08. The quantitative estimate of drug-likeness (QED) is 0.912. The van der Waals surface area contributed by atoms with Crippen LogP contribution in [-0.4, -0.2) is 44.7 Å². The zero-order valence-corrected chi connectivity index (χ0v) is 14.9. The summed E-state index contributed by atoms with van der Waals surface area (Å²) in [5, 5.41) is 11.9. The second kappa shape index (κ2) is 7.02. The number of nitrogens with one attached hydrogen (secondary N) is 1. The number of amides is 2. The summed E-state index contributed by atoms with van der Waals surface area (Å²) in [7, 11) is 0. The molecule has 25 heavy (non-hydrogen) atoms. The van der Waals surface area contributed by atoms with E-state index in [9.17, 15) is 4.79 Å². The Morgan fingerprint density at radius 3 is 2.60 bits per heavy atom. The van der Waals surface area contributed by atoms with Gasteiger partial charge in [0.15, 0.2) is 5.65 Å². The molecule has 0 aromatic carbocycles. The van der Waals surface area contributed by atoms with Gasteiger partial charge in [0.1, 0.15) is 5.82 Å². The van der Waals surface area contributed by atoms with Crippen LogP contribution in [0.5, 0.6) is 0 Å². The van der Waals surface area contributed by atoms with Crippen LogP contribution in [0.25, 0.3) is 5.65 Å². The Balaban J connectivity index is 1.33. The van der Waals surface area contributed by atoms with Gasteiger partial charge < -0.3 is 10.2 Å². The summed E-state index contributed by atoms with van der Waals surface area (Å²) in [6.45, 7) is 3.89. The number of fused-ring (bicyclic) bond motifs is 1. The van der Waals surface area contributed by atoms with Gasteiger partial charge >= 0.3 is 6.03 Å². The van der Waals surface area contributed by atoms with Crippen molar-refractivity contribution in [2.24, 2.45) is 5.92 Å². The molecule has 2 aromatic rings. The van der Waals surface area contributed by atoms with Crippen molar-refractivity contribution in [2.45, 2.75) is 57.4 Å². The van der Waals surface area contributed by atoms with E-state index in [-0.39, 0.29) is 6.03 Å². The highest BCUT2D eigenvalue weighted by molar-refractivity contribution is 5.74. The highest BCUT2D eigenvalue weighted by Gasteiger charge is 2.28. The fourth-order valence-electron chi connectivity index (χ4n) is 4.15. The molecule has 2 aliphatic rings. The SMILES string of the molecule is CC1CCC(NC(=O)N2CCC(c3nnc4ccccn34)CC2)CC1. The zero-order valence-electron chi connectivity index (χ0n) is 14.9. The molecule has 2 aromatic heterocycles. The first-order valence-electron chi connectivity index (χ1n) is 9.56. The highest BCUT2D eigenvalue weighted by Crippen LogP contribution is 2.28. The molecule has 6 heteroatoms. The molecular weight excluding hydrogens is 314 g/mol. The van der Waals surface area contributed by atoms with Crippen molar-refractivity contribution < 1.29 is 4.79 Å². The summed E-state index contributed by atoms with van der Waals surface area (Å²) < 4.78 is 2.07. The number of hydrogen-bond donors (Lipinski definition) is 1. The molecule has 1 N–H and O–H groups in total. The first kappa shape index (κ1) is 16.4. The molecule has 1 saturated carbocycles. The molecule has 4 rings (SSSR count). The number of aromatic nitrogens is 3. The maximum absolute atomic E-state index is 12.5. The van der Waals surface area contributed by atoms with E-state index in [0.717, 1.165) is 56.2 Å². The third-order valence-corrected chi connectivity index (χ3v) is 5.83. The van der Waals surface area contributed by atoms with Crippen molar-refractivity contribution in [3.63, 3.8) is 0 Å². The molecule has 3 heterocycles. The lowest BCUT2D eigenvalue weighted by molar-refractivity contribution is 0.171. The molecule has 6 nitrogen and oxygen atoms in total. The van der Waals surface area contributed by atoms with E-state index in [2.05, 4.69) is 26.8 Å². The lowest BCUT2D eigenvalue weighted by Crippen LogP contribution is -2.48. The number of nitrogens with zero attached hydrogens (tertiary/aromatic N) is 4. The molecule has 1 saturated heterocycles. The Hall–Kier alpha value is -2.11. The maximum Gasteiger partial charge on any atom is 0.317 e. The van der Waals surface area contributed by atoms with Crippen LogP contribution in [-0.2, 0) is 0 Å². The van der Waals surface area contributed by atoms with Crippen LogP contribution in [0.1, 0.15) is 57.2 Å². The molecule has 2 amide bonds. The molecule has 1 aliphatic heterocycles. The number of likely N-dealkylation sites (tertiary alicyclic amines) is 1. The van der Waals surface area contributed by atoms with E-state index >= 15 is 0 Å². The molecule has 0 spiro atoms. The summed E-state index contributed by atoms with van der Waals surface area (Å²) in [5.41, 5.74) is 0.893. The Labute approximate surface area is 148 Å². The number of piperidine rings is 1. The van der Waals surface area contributed by atoms with Crippen LogP contribution in [0.15, 0.2) is 24.4 Å². The highest BCUT2D eigenvalue weighted by atomic mass is 16.2. The summed E-state index contributed by atoms with van der Waals surface area (Å²) in [6.07, 6.45) is 8.62. The lowest BCUT2D eigenvalue weighted by Gasteiger charge is -2.34. The fraction of sp³-hybridized carbons (Fsp3) is 0.632. The van der Waals surface area contributed by atoms with Crippen molar-refractivity contribution in [3.8, 4) is 0 Å². The maximum atomic E-state index is 12.5. The molecule has 1 aliphatic carbocycles. The average molecular weight is 341 g/mol. The van der Waals surface area contributed by atoms with E-state index in [1.165, 1.54) is 12.8 Å². The lowest BCUT2D eigenvalue weighted by atomic mass is 9.87. The Kier molecular flexibility index (Phi) is 4.59. The van der Waals surface area contributed by atoms with Crippen LogP contribution in [0.4, 0.5) is 4.79 Å². The van der Waals surface area contributed by atoms with E-state index in [4.69, 9.17) is 0 Å². The molecular formula is C19H27N5O. The third kappa shape index (κ3) is 3.48. The van der Waals surface area contributed by atoms with E-state index < -0.39 is 0 Å². The summed E-state index contributed by atoms with van der Waals surface area (Å²) in [4.78, 5) is 14.5. The van der Waals surface area contributed by atoms with Gasteiger partial charge in [-0.2, -0.15) is 0 Å². The Bertz CT molecular complexity index is 726. The second-order valence-corrected chi connectivity index (χ2v) is 7.65. The number of carbonyl (C=O) groups excluding carboxylic acids is 1. The molecule has 0 radical (unpaired) electrons. The molecule has 0 unspecified atom stereocenters. The molecule has 0 atom stereocenters. The van der Waals surface area contributed by atoms with Gasteiger partial charge in [0.25, 0.3) is 0 Å². The van der Waals surface area contributed by atoms with Gasteiger partial charge in [-0.05, 0) is 56.6 Å². The minimum absolute atomic E-state index is 0.115. The number of rotatable bonds is 2. The van der Waals surface area contributed by atoms with Gasteiger partial charge in [0.05, 0.1) is 0 Å². The number of hydrogen-bond acceptors (Lipinski definition) is 3. The molecule has 2 fully saturated rings.